The number of aryl methyl sites for hydroxylation is 1. The second-order valence-electron chi connectivity index (χ2n) is 4.32. The minimum absolute atomic E-state index is 0.175. The highest BCUT2D eigenvalue weighted by Crippen LogP contribution is 2.28. The predicted octanol–water partition coefficient (Wildman–Crippen LogP) is 2.57. The molecule has 1 heterocycles. The van der Waals surface area contributed by atoms with Crippen LogP contribution in [0.3, 0.4) is 0 Å². The largest absolute Gasteiger partial charge is 0.366 e. The molecule has 0 atom stereocenters. The van der Waals surface area contributed by atoms with Crippen molar-refractivity contribution in [3.05, 3.63) is 57.8 Å². The molecule has 0 aliphatic carbocycles. The minimum Gasteiger partial charge on any atom is -0.366 e. The third kappa shape index (κ3) is 4.17. The number of nitrogens with one attached hydrogen (secondary N) is 1. The average Bonchev–Trinajstić information content (AvgIpc) is 2.78. The summed E-state index contributed by atoms with van der Waals surface area (Å²) in [5, 5.41) is 1.29. The molecule has 1 amide bonds. The van der Waals surface area contributed by atoms with Crippen LogP contribution in [0.15, 0.2) is 41.8 Å². The number of hydrogen-bond acceptors (Lipinski definition) is 4. The summed E-state index contributed by atoms with van der Waals surface area (Å²) in [6.45, 7) is 1.77. The summed E-state index contributed by atoms with van der Waals surface area (Å²) in [4.78, 5) is 12.1. The number of thiophene rings is 1. The fraction of sp³-hybridized carbons (Fsp3) is 0.0714. The lowest BCUT2D eigenvalue weighted by Gasteiger charge is -2.03. The maximum Gasteiger partial charge on any atom is 0.255 e. The molecule has 2 aromatic rings. The van der Waals surface area contributed by atoms with Crippen LogP contribution in [0.5, 0.6) is 0 Å². The molecule has 5 nitrogen and oxygen atoms in total. The topological polar surface area (TPSA) is 89.3 Å². The van der Waals surface area contributed by atoms with E-state index in [-0.39, 0.29) is 10.6 Å². The molecule has 0 spiro atoms. The zero-order chi connectivity index (χ0) is 15.5. The summed E-state index contributed by atoms with van der Waals surface area (Å²) in [7, 11) is -3.70. The second kappa shape index (κ2) is 6.11. The Kier molecular flexibility index (Phi) is 4.44. The van der Waals surface area contributed by atoms with Crippen LogP contribution >= 0.6 is 11.3 Å². The number of sulfonamides is 1. The molecule has 0 saturated heterocycles. The summed E-state index contributed by atoms with van der Waals surface area (Å²) < 4.78 is 26.4. The van der Waals surface area contributed by atoms with Gasteiger partial charge in [-0.25, -0.2) is 8.42 Å². The predicted molar refractivity (Wildman–Crippen MR) is 85.6 cm³/mol. The van der Waals surface area contributed by atoms with Crippen molar-refractivity contribution in [2.75, 3.05) is 4.72 Å². The molecular formula is C14H14N2O3S2. The molecule has 0 saturated carbocycles. The lowest BCUT2D eigenvalue weighted by Crippen LogP contribution is -2.15. The molecule has 110 valence electrons. The van der Waals surface area contributed by atoms with E-state index in [0.717, 1.165) is 15.8 Å². The van der Waals surface area contributed by atoms with Crippen molar-refractivity contribution < 1.29 is 13.2 Å². The van der Waals surface area contributed by atoms with Crippen LogP contribution in [0.4, 0.5) is 5.00 Å². The van der Waals surface area contributed by atoms with Gasteiger partial charge in [-0.2, -0.15) is 0 Å². The van der Waals surface area contributed by atoms with Crippen LogP contribution in [0, 0.1) is 6.92 Å². The maximum absolute atomic E-state index is 12.0. The van der Waals surface area contributed by atoms with Gasteiger partial charge in [0.1, 0.15) is 5.00 Å². The quantitative estimate of drug-likeness (QED) is 0.886. The Morgan fingerprint density at radius 3 is 2.57 bits per heavy atom. The second-order valence-corrected chi connectivity index (χ2v) is 7.15. The highest BCUT2D eigenvalue weighted by atomic mass is 32.2. The molecule has 1 aromatic carbocycles. The molecule has 0 unspecified atom stereocenters. The first-order chi connectivity index (χ1) is 9.87. The SMILES string of the molecule is Cc1cc(C(N)=O)c(NS(=O)(=O)/C=C\c2ccccc2)s1. The Morgan fingerprint density at radius 1 is 1.29 bits per heavy atom. The van der Waals surface area contributed by atoms with Gasteiger partial charge < -0.3 is 5.73 Å². The van der Waals surface area contributed by atoms with E-state index in [4.69, 9.17) is 5.73 Å². The van der Waals surface area contributed by atoms with E-state index in [2.05, 4.69) is 4.72 Å². The normalized spacial score (nSPS) is 11.7. The van der Waals surface area contributed by atoms with Gasteiger partial charge in [0, 0.05) is 4.88 Å². The molecular weight excluding hydrogens is 308 g/mol. The van der Waals surface area contributed by atoms with Gasteiger partial charge in [0.15, 0.2) is 0 Å². The van der Waals surface area contributed by atoms with E-state index < -0.39 is 15.9 Å². The number of benzene rings is 1. The fourth-order valence-corrected chi connectivity index (χ4v) is 3.72. The molecule has 0 aliphatic rings. The fourth-order valence-electron chi connectivity index (χ4n) is 1.67. The zero-order valence-corrected chi connectivity index (χ0v) is 12.9. The summed E-state index contributed by atoms with van der Waals surface area (Å²) in [6, 6.07) is 10.6. The molecule has 7 heteroatoms. The van der Waals surface area contributed by atoms with Crippen LogP contribution in [-0.2, 0) is 10.0 Å². The number of carbonyl (C=O) groups is 1. The highest BCUT2D eigenvalue weighted by Gasteiger charge is 2.16. The Bertz CT molecular complexity index is 778. The van der Waals surface area contributed by atoms with E-state index >= 15 is 0 Å². The smallest absolute Gasteiger partial charge is 0.255 e. The lowest BCUT2D eigenvalue weighted by molar-refractivity contribution is 0.100. The number of primary amides is 1. The van der Waals surface area contributed by atoms with Crippen LogP contribution in [0.25, 0.3) is 6.08 Å². The van der Waals surface area contributed by atoms with E-state index in [0.29, 0.717) is 0 Å². The van der Waals surface area contributed by atoms with Crippen LogP contribution < -0.4 is 10.5 Å². The van der Waals surface area contributed by atoms with Gasteiger partial charge >= 0.3 is 0 Å². The number of hydrogen-bond donors (Lipinski definition) is 2. The summed E-state index contributed by atoms with van der Waals surface area (Å²) >= 11 is 1.17. The van der Waals surface area contributed by atoms with Crippen molar-refractivity contribution >= 4 is 38.3 Å². The molecule has 1 aromatic heterocycles. The first kappa shape index (κ1) is 15.3. The molecule has 2 rings (SSSR count). The first-order valence-electron chi connectivity index (χ1n) is 6.03. The standard InChI is InChI=1S/C14H14N2O3S2/c1-10-9-12(13(15)17)14(20-10)16-21(18,19)8-7-11-5-3-2-4-6-11/h2-9,16H,1H3,(H2,15,17)/b8-7-. The lowest BCUT2D eigenvalue weighted by atomic mass is 10.2. The summed E-state index contributed by atoms with van der Waals surface area (Å²) in [5.74, 6) is -0.663. The van der Waals surface area contributed by atoms with Crippen molar-refractivity contribution in [3.63, 3.8) is 0 Å². The number of anilines is 1. The Labute approximate surface area is 127 Å². The minimum atomic E-state index is -3.70. The van der Waals surface area contributed by atoms with Gasteiger partial charge in [-0.15, -0.1) is 11.3 Å². The molecule has 0 aliphatic heterocycles. The molecule has 21 heavy (non-hydrogen) atoms. The van der Waals surface area contributed by atoms with Crippen molar-refractivity contribution in [1.82, 2.24) is 0 Å². The van der Waals surface area contributed by atoms with E-state index in [9.17, 15) is 13.2 Å². The molecule has 0 radical (unpaired) electrons. The van der Waals surface area contributed by atoms with Crippen LogP contribution in [-0.4, -0.2) is 14.3 Å². The third-order valence-electron chi connectivity index (χ3n) is 2.59. The monoisotopic (exact) mass is 322 g/mol. The van der Waals surface area contributed by atoms with Gasteiger partial charge in [0.05, 0.1) is 11.0 Å². The highest BCUT2D eigenvalue weighted by molar-refractivity contribution is 7.95. The molecule has 0 fully saturated rings. The summed E-state index contributed by atoms with van der Waals surface area (Å²) in [6.07, 6.45) is 1.48. The van der Waals surface area contributed by atoms with Crippen molar-refractivity contribution in [2.24, 2.45) is 5.73 Å². The summed E-state index contributed by atoms with van der Waals surface area (Å²) in [5.41, 5.74) is 6.17. The van der Waals surface area contributed by atoms with Gasteiger partial charge in [-0.3, -0.25) is 9.52 Å². The van der Waals surface area contributed by atoms with Crippen LogP contribution in [0.2, 0.25) is 0 Å². The maximum atomic E-state index is 12.0. The van der Waals surface area contributed by atoms with E-state index in [1.807, 2.05) is 18.2 Å². The number of nitrogens with two attached hydrogens (primary N) is 1. The Hall–Kier alpha value is -2.12. The zero-order valence-electron chi connectivity index (χ0n) is 11.2. The van der Waals surface area contributed by atoms with E-state index in [1.165, 1.54) is 17.4 Å². The van der Waals surface area contributed by atoms with Crippen molar-refractivity contribution in [1.29, 1.82) is 0 Å². The molecule has 3 N–H and O–H groups in total. The van der Waals surface area contributed by atoms with Gasteiger partial charge in [0.2, 0.25) is 0 Å². The number of amides is 1. The van der Waals surface area contributed by atoms with Gasteiger partial charge in [-0.1, -0.05) is 30.3 Å². The average molecular weight is 322 g/mol. The van der Waals surface area contributed by atoms with Crippen molar-refractivity contribution in [3.8, 4) is 0 Å². The Morgan fingerprint density at radius 2 is 1.95 bits per heavy atom. The third-order valence-corrected chi connectivity index (χ3v) is 4.67. The van der Waals surface area contributed by atoms with Crippen LogP contribution in [0.1, 0.15) is 20.8 Å². The Balaban J connectivity index is 2.22. The number of rotatable bonds is 5. The van der Waals surface area contributed by atoms with Crippen molar-refractivity contribution in [2.45, 2.75) is 6.92 Å². The first-order valence-corrected chi connectivity index (χ1v) is 8.40. The number of carbonyl (C=O) groups excluding carboxylic acids is 1. The van der Waals surface area contributed by atoms with E-state index in [1.54, 1.807) is 25.1 Å². The van der Waals surface area contributed by atoms with Gasteiger partial charge in [0.25, 0.3) is 15.9 Å². The molecule has 0 bridgehead atoms. The van der Waals surface area contributed by atoms with Gasteiger partial charge in [-0.05, 0) is 24.6 Å².